The number of hydrogen-bond donors (Lipinski definition) is 2. The molecule has 18 heavy (non-hydrogen) atoms. The van der Waals surface area contributed by atoms with Gasteiger partial charge in [-0.15, -0.1) is 12.4 Å². The molecule has 0 aliphatic rings. The van der Waals surface area contributed by atoms with Gasteiger partial charge in [0.1, 0.15) is 4.90 Å². The molecule has 0 spiro atoms. The Morgan fingerprint density at radius 1 is 1.33 bits per heavy atom. The topological polar surface area (TPSA) is 72.2 Å². The van der Waals surface area contributed by atoms with Gasteiger partial charge in [-0.25, -0.2) is 13.1 Å². The summed E-state index contributed by atoms with van der Waals surface area (Å²) in [6, 6.07) is 4.27. The van der Waals surface area contributed by atoms with E-state index < -0.39 is 15.6 Å². The summed E-state index contributed by atoms with van der Waals surface area (Å²) >= 11 is 11.6. The maximum atomic E-state index is 12.1. The van der Waals surface area contributed by atoms with Crippen LogP contribution in [0.3, 0.4) is 0 Å². The molecule has 0 bridgehead atoms. The van der Waals surface area contributed by atoms with Gasteiger partial charge in [0.05, 0.1) is 5.02 Å². The Balaban J connectivity index is 0.00000289. The van der Waals surface area contributed by atoms with Crippen molar-refractivity contribution in [2.75, 3.05) is 6.54 Å². The lowest BCUT2D eigenvalue weighted by Crippen LogP contribution is -2.48. The Morgan fingerprint density at radius 2 is 1.89 bits per heavy atom. The summed E-state index contributed by atoms with van der Waals surface area (Å²) in [5.41, 5.74) is 4.73. The molecule has 0 aliphatic carbocycles. The molecule has 104 valence electrons. The molecular weight excluding hydrogens is 319 g/mol. The van der Waals surface area contributed by atoms with E-state index in [1.165, 1.54) is 18.2 Å². The first-order valence-electron chi connectivity index (χ1n) is 4.87. The van der Waals surface area contributed by atoms with Crippen LogP contribution in [-0.4, -0.2) is 20.5 Å². The monoisotopic (exact) mass is 332 g/mol. The molecule has 0 fully saturated rings. The predicted molar refractivity (Wildman–Crippen MR) is 77.2 cm³/mol. The molecular formula is C10H15Cl3N2O2S. The Kier molecular flexibility index (Phi) is 6.40. The normalized spacial score (nSPS) is 12.1. The van der Waals surface area contributed by atoms with Gasteiger partial charge in [0.25, 0.3) is 0 Å². The van der Waals surface area contributed by atoms with E-state index in [1.54, 1.807) is 13.8 Å². The molecule has 1 aromatic carbocycles. The van der Waals surface area contributed by atoms with Crippen LogP contribution < -0.4 is 10.5 Å². The summed E-state index contributed by atoms with van der Waals surface area (Å²) in [7, 11) is -3.73. The summed E-state index contributed by atoms with van der Waals surface area (Å²) in [5.74, 6) is 0. The van der Waals surface area contributed by atoms with Crippen LogP contribution in [0, 0.1) is 0 Å². The molecule has 0 atom stereocenters. The average Bonchev–Trinajstić information content (AvgIpc) is 2.20. The van der Waals surface area contributed by atoms with Gasteiger partial charge in [-0.3, -0.25) is 0 Å². The Labute approximate surface area is 123 Å². The second kappa shape index (κ2) is 6.41. The molecule has 0 heterocycles. The molecule has 3 N–H and O–H groups in total. The zero-order valence-electron chi connectivity index (χ0n) is 9.91. The van der Waals surface area contributed by atoms with Crippen LogP contribution in [-0.2, 0) is 10.0 Å². The van der Waals surface area contributed by atoms with Crippen molar-refractivity contribution in [2.24, 2.45) is 5.73 Å². The number of rotatable bonds is 4. The fraction of sp³-hybridized carbons (Fsp3) is 0.400. The van der Waals surface area contributed by atoms with Crippen molar-refractivity contribution in [1.29, 1.82) is 0 Å². The maximum Gasteiger partial charge on any atom is 0.242 e. The van der Waals surface area contributed by atoms with Crippen molar-refractivity contribution in [3.63, 3.8) is 0 Å². The van der Waals surface area contributed by atoms with E-state index in [0.717, 1.165) is 0 Å². The number of halogens is 3. The molecule has 8 heteroatoms. The van der Waals surface area contributed by atoms with Crippen LogP contribution in [0.4, 0.5) is 0 Å². The van der Waals surface area contributed by atoms with Crippen molar-refractivity contribution in [3.05, 3.63) is 28.2 Å². The first kappa shape index (κ1) is 18.0. The van der Waals surface area contributed by atoms with Gasteiger partial charge < -0.3 is 5.73 Å². The Hall–Kier alpha value is -0.0400. The predicted octanol–water partition coefficient (Wildman–Crippen LogP) is 2.43. The third-order valence-corrected chi connectivity index (χ3v) is 4.52. The SMILES string of the molecule is CC(C)(CN)NS(=O)(=O)c1cc(Cl)ccc1Cl.Cl. The minimum absolute atomic E-state index is 0. The zero-order valence-corrected chi connectivity index (χ0v) is 13.1. The molecule has 1 aromatic rings. The number of nitrogens with one attached hydrogen (secondary N) is 1. The summed E-state index contributed by atoms with van der Waals surface area (Å²) in [4.78, 5) is -0.0480. The van der Waals surface area contributed by atoms with E-state index >= 15 is 0 Å². The molecule has 0 radical (unpaired) electrons. The van der Waals surface area contributed by atoms with Crippen molar-refractivity contribution >= 4 is 45.6 Å². The molecule has 4 nitrogen and oxygen atoms in total. The van der Waals surface area contributed by atoms with Gasteiger partial charge in [-0.1, -0.05) is 23.2 Å². The highest BCUT2D eigenvalue weighted by molar-refractivity contribution is 7.89. The van der Waals surface area contributed by atoms with Crippen LogP contribution in [0.1, 0.15) is 13.8 Å². The summed E-state index contributed by atoms with van der Waals surface area (Å²) < 4.78 is 26.6. The first-order valence-corrected chi connectivity index (χ1v) is 7.11. The molecule has 1 rings (SSSR count). The highest BCUT2D eigenvalue weighted by atomic mass is 35.5. The third kappa shape index (κ3) is 4.57. The number of hydrogen-bond acceptors (Lipinski definition) is 3. The highest BCUT2D eigenvalue weighted by Crippen LogP contribution is 2.25. The van der Waals surface area contributed by atoms with Gasteiger partial charge in [-0.05, 0) is 32.0 Å². The van der Waals surface area contributed by atoms with Crippen molar-refractivity contribution in [3.8, 4) is 0 Å². The van der Waals surface area contributed by atoms with Crippen molar-refractivity contribution in [2.45, 2.75) is 24.3 Å². The van der Waals surface area contributed by atoms with E-state index in [-0.39, 0.29) is 28.9 Å². The third-order valence-electron chi connectivity index (χ3n) is 2.10. The van der Waals surface area contributed by atoms with E-state index in [4.69, 9.17) is 28.9 Å². The molecule has 0 aliphatic heterocycles. The van der Waals surface area contributed by atoms with Crippen molar-refractivity contribution < 1.29 is 8.42 Å². The van der Waals surface area contributed by atoms with Gasteiger partial charge >= 0.3 is 0 Å². The summed E-state index contributed by atoms with van der Waals surface area (Å²) in [6.07, 6.45) is 0. The van der Waals surface area contributed by atoms with E-state index in [1.807, 2.05) is 0 Å². The average molecular weight is 334 g/mol. The van der Waals surface area contributed by atoms with E-state index in [0.29, 0.717) is 5.02 Å². The summed E-state index contributed by atoms with van der Waals surface area (Å²) in [5, 5.41) is 0.426. The van der Waals surface area contributed by atoms with Gasteiger partial charge in [0.2, 0.25) is 10.0 Å². The number of benzene rings is 1. The molecule has 0 amide bonds. The quantitative estimate of drug-likeness (QED) is 0.889. The van der Waals surface area contributed by atoms with Gasteiger partial charge in [0.15, 0.2) is 0 Å². The van der Waals surface area contributed by atoms with Crippen LogP contribution in [0.2, 0.25) is 10.0 Å². The zero-order chi connectivity index (χ0) is 13.3. The largest absolute Gasteiger partial charge is 0.329 e. The maximum absolute atomic E-state index is 12.1. The minimum Gasteiger partial charge on any atom is -0.329 e. The second-order valence-corrected chi connectivity index (χ2v) is 6.76. The smallest absolute Gasteiger partial charge is 0.242 e. The molecule has 0 unspecified atom stereocenters. The van der Waals surface area contributed by atoms with Gasteiger partial charge in [-0.2, -0.15) is 0 Å². The highest BCUT2D eigenvalue weighted by Gasteiger charge is 2.26. The fourth-order valence-corrected chi connectivity index (χ4v) is 3.33. The van der Waals surface area contributed by atoms with Crippen molar-refractivity contribution in [1.82, 2.24) is 4.72 Å². The standard InChI is InChI=1S/C10H14Cl2N2O2S.ClH/c1-10(2,6-13)14-17(15,16)9-5-7(11)3-4-8(9)12;/h3-5,14H,6,13H2,1-2H3;1H. The van der Waals surface area contributed by atoms with Gasteiger partial charge in [0, 0.05) is 17.1 Å². The number of nitrogens with two attached hydrogens (primary N) is 1. The minimum atomic E-state index is -3.73. The fourth-order valence-electron chi connectivity index (χ4n) is 1.14. The second-order valence-electron chi connectivity index (χ2n) is 4.27. The van der Waals surface area contributed by atoms with Crippen LogP contribution >= 0.6 is 35.6 Å². The Bertz CT molecular complexity index is 518. The lowest BCUT2D eigenvalue weighted by atomic mass is 10.1. The first-order chi connectivity index (χ1) is 7.68. The molecule has 0 saturated carbocycles. The molecule has 0 saturated heterocycles. The number of sulfonamides is 1. The lowest BCUT2D eigenvalue weighted by Gasteiger charge is -2.24. The van der Waals surface area contributed by atoms with E-state index in [2.05, 4.69) is 4.72 Å². The Morgan fingerprint density at radius 3 is 2.39 bits per heavy atom. The summed E-state index contributed by atoms with van der Waals surface area (Å²) in [6.45, 7) is 3.54. The lowest BCUT2D eigenvalue weighted by molar-refractivity contribution is 0.462. The van der Waals surface area contributed by atoms with E-state index in [9.17, 15) is 8.42 Å². The van der Waals surface area contributed by atoms with Crippen LogP contribution in [0.25, 0.3) is 0 Å². The van der Waals surface area contributed by atoms with Crippen LogP contribution in [0.15, 0.2) is 23.1 Å². The molecule has 0 aromatic heterocycles. The van der Waals surface area contributed by atoms with Crippen LogP contribution in [0.5, 0.6) is 0 Å².